The number of carbonyl (C=O) groups excluding carboxylic acids is 1. The molecule has 0 aliphatic rings. The average Bonchev–Trinajstić information content (AvgIpc) is 2.40. The standard InChI is InChI=1S/C6H14N4O2.C5H10N2O3/c7-4(5(11)12)2-1-3-10-6(8)9;6-3(5(9)10)1-2-4(7)8/h4H,1-3,7H2,(H,11,12)(H4,8,9,10);3H,1-2,6H2,(H2,7,8)(H,9,10)/t4-;3-/m11/s1. The summed E-state index contributed by atoms with van der Waals surface area (Å²) < 4.78 is 0. The lowest BCUT2D eigenvalue weighted by Crippen LogP contribution is -2.31. The SMILES string of the molecule is NC(=O)CC[C@@H](N)C(=O)O.NC(N)=NCCC[C@@H](N)C(=O)O. The Morgan fingerprint density at radius 2 is 1.36 bits per heavy atom. The minimum atomic E-state index is -1.11. The van der Waals surface area contributed by atoms with E-state index >= 15 is 0 Å². The summed E-state index contributed by atoms with van der Waals surface area (Å²) >= 11 is 0. The van der Waals surface area contributed by atoms with E-state index in [1.54, 1.807) is 0 Å². The van der Waals surface area contributed by atoms with Crippen molar-refractivity contribution >= 4 is 23.8 Å². The fraction of sp³-hybridized carbons (Fsp3) is 0.636. The molecule has 0 radical (unpaired) electrons. The Bertz CT molecular complexity index is 396. The number of carbonyl (C=O) groups is 3. The van der Waals surface area contributed by atoms with Gasteiger partial charge in [-0.2, -0.15) is 0 Å². The number of rotatable bonds is 9. The van der Waals surface area contributed by atoms with Crippen LogP contribution < -0.4 is 28.7 Å². The van der Waals surface area contributed by atoms with Crippen molar-refractivity contribution in [1.82, 2.24) is 0 Å². The second-order valence-electron chi connectivity index (χ2n) is 4.34. The van der Waals surface area contributed by atoms with Crippen molar-refractivity contribution in [2.45, 2.75) is 37.8 Å². The molecule has 1 amide bonds. The van der Waals surface area contributed by atoms with E-state index in [1.807, 2.05) is 0 Å². The number of hydrogen-bond donors (Lipinski definition) is 7. The van der Waals surface area contributed by atoms with Gasteiger partial charge < -0.3 is 38.9 Å². The fourth-order valence-electron chi connectivity index (χ4n) is 1.06. The lowest BCUT2D eigenvalue weighted by molar-refractivity contribution is -0.139. The van der Waals surface area contributed by atoms with E-state index in [0.717, 1.165) is 0 Å². The van der Waals surface area contributed by atoms with E-state index in [2.05, 4.69) is 4.99 Å². The predicted molar refractivity (Wildman–Crippen MR) is 79.6 cm³/mol. The Kier molecular flexibility index (Phi) is 12.3. The van der Waals surface area contributed by atoms with Gasteiger partial charge in [-0.05, 0) is 19.3 Å². The van der Waals surface area contributed by atoms with Gasteiger partial charge in [0.1, 0.15) is 12.1 Å². The van der Waals surface area contributed by atoms with Gasteiger partial charge in [0, 0.05) is 13.0 Å². The van der Waals surface area contributed by atoms with Gasteiger partial charge in [0.25, 0.3) is 0 Å². The van der Waals surface area contributed by atoms with E-state index in [9.17, 15) is 14.4 Å². The average molecular weight is 320 g/mol. The lowest BCUT2D eigenvalue weighted by Gasteiger charge is -2.03. The first-order chi connectivity index (χ1) is 10.1. The van der Waals surface area contributed by atoms with Crippen molar-refractivity contribution in [3.8, 4) is 0 Å². The Balaban J connectivity index is 0. The third-order valence-electron chi connectivity index (χ3n) is 2.30. The van der Waals surface area contributed by atoms with Gasteiger partial charge in [-0.1, -0.05) is 0 Å². The highest BCUT2D eigenvalue weighted by Crippen LogP contribution is 1.94. The number of guanidine groups is 1. The molecule has 128 valence electrons. The molecule has 0 heterocycles. The number of carboxylic acid groups (broad SMARTS) is 2. The monoisotopic (exact) mass is 320 g/mol. The van der Waals surface area contributed by atoms with Gasteiger partial charge in [0.15, 0.2) is 5.96 Å². The number of carboxylic acids is 2. The van der Waals surface area contributed by atoms with Crippen LogP contribution in [0.15, 0.2) is 4.99 Å². The highest BCUT2D eigenvalue weighted by molar-refractivity contribution is 5.77. The summed E-state index contributed by atoms with van der Waals surface area (Å²) in [5, 5.41) is 16.6. The number of amides is 1. The molecule has 0 aliphatic carbocycles. The van der Waals surface area contributed by atoms with Gasteiger partial charge in [-0.15, -0.1) is 0 Å². The molecule has 0 aromatic rings. The molecule has 0 saturated heterocycles. The molecular weight excluding hydrogens is 296 g/mol. The van der Waals surface area contributed by atoms with Crippen LogP contribution in [0.3, 0.4) is 0 Å². The number of nitrogens with zero attached hydrogens (tertiary/aromatic N) is 1. The van der Waals surface area contributed by atoms with Crippen molar-refractivity contribution < 1.29 is 24.6 Å². The zero-order chi connectivity index (χ0) is 17.7. The number of hydrogen-bond acceptors (Lipinski definition) is 6. The number of aliphatic carboxylic acids is 2. The molecule has 11 heteroatoms. The van der Waals surface area contributed by atoms with Gasteiger partial charge in [-0.3, -0.25) is 19.4 Å². The molecule has 0 bridgehead atoms. The molecule has 22 heavy (non-hydrogen) atoms. The van der Waals surface area contributed by atoms with Crippen LogP contribution in [0, 0.1) is 0 Å². The van der Waals surface area contributed by atoms with Crippen molar-refractivity contribution in [1.29, 1.82) is 0 Å². The van der Waals surface area contributed by atoms with Crippen molar-refractivity contribution in [2.24, 2.45) is 33.7 Å². The van der Waals surface area contributed by atoms with Gasteiger partial charge in [0.2, 0.25) is 5.91 Å². The normalized spacial score (nSPS) is 12.3. The molecule has 0 fully saturated rings. The number of primary amides is 1. The molecule has 0 aliphatic heterocycles. The number of nitrogens with two attached hydrogens (primary N) is 5. The van der Waals surface area contributed by atoms with Crippen LogP contribution in [0.1, 0.15) is 25.7 Å². The van der Waals surface area contributed by atoms with Gasteiger partial charge >= 0.3 is 11.9 Å². The predicted octanol–water partition coefficient (Wildman–Crippen LogP) is -2.88. The number of aliphatic imine (C=N–C) groups is 1. The Morgan fingerprint density at radius 1 is 0.909 bits per heavy atom. The smallest absolute Gasteiger partial charge is 0.320 e. The second-order valence-corrected chi connectivity index (χ2v) is 4.34. The van der Waals surface area contributed by atoms with Crippen molar-refractivity contribution in [2.75, 3.05) is 6.54 Å². The molecule has 12 N–H and O–H groups in total. The molecule has 0 aromatic carbocycles. The summed E-state index contributed by atoms with van der Waals surface area (Å²) in [6.45, 7) is 0.420. The first-order valence-corrected chi connectivity index (χ1v) is 6.38. The summed E-state index contributed by atoms with van der Waals surface area (Å²) in [4.78, 5) is 34.0. The highest BCUT2D eigenvalue weighted by atomic mass is 16.4. The van der Waals surface area contributed by atoms with Crippen LogP contribution in [0.25, 0.3) is 0 Å². The third kappa shape index (κ3) is 15.7. The second kappa shape index (κ2) is 12.3. The minimum absolute atomic E-state index is 0.0129. The molecule has 2 atom stereocenters. The van der Waals surface area contributed by atoms with E-state index in [0.29, 0.717) is 19.4 Å². The molecule has 0 spiro atoms. The van der Waals surface area contributed by atoms with Crippen LogP contribution >= 0.6 is 0 Å². The third-order valence-corrected chi connectivity index (χ3v) is 2.30. The fourth-order valence-corrected chi connectivity index (χ4v) is 1.06. The molecule has 0 aromatic heterocycles. The summed E-state index contributed by atoms with van der Waals surface area (Å²) in [5.41, 5.74) is 25.1. The van der Waals surface area contributed by atoms with Crippen LogP contribution in [0.4, 0.5) is 0 Å². The van der Waals surface area contributed by atoms with Gasteiger partial charge in [0.05, 0.1) is 0 Å². The summed E-state index contributed by atoms with van der Waals surface area (Å²) in [6.07, 6.45) is 1.08. The van der Waals surface area contributed by atoms with E-state index < -0.39 is 29.9 Å². The van der Waals surface area contributed by atoms with Crippen LogP contribution in [-0.4, -0.2) is 52.6 Å². The maximum absolute atomic E-state index is 10.2. The van der Waals surface area contributed by atoms with Gasteiger partial charge in [-0.25, -0.2) is 0 Å². The lowest BCUT2D eigenvalue weighted by atomic mass is 10.2. The van der Waals surface area contributed by atoms with E-state index in [1.165, 1.54) is 0 Å². The molecule has 0 saturated carbocycles. The Labute approximate surface area is 127 Å². The zero-order valence-electron chi connectivity index (χ0n) is 12.1. The van der Waals surface area contributed by atoms with E-state index in [-0.39, 0.29) is 18.8 Å². The van der Waals surface area contributed by atoms with Crippen LogP contribution in [0.5, 0.6) is 0 Å². The Morgan fingerprint density at radius 3 is 1.73 bits per heavy atom. The van der Waals surface area contributed by atoms with Crippen LogP contribution in [-0.2, 0) is 14.4 Å². The quantitative estimate of drug-likeness (QED) is 0.131. The molecule has 0 unspecified atom stereocenters. The molecule has 0 rings (SSSR count). The van der Waals surface area contributed by atoms with Crippen molar-refractivity contribution in [3.05, 3.63) is 0 Å². The van der Waals surface area contributed by atoms with E-state index in [4.69, 9.17) is 38.9 Å². The summed E-state index contributed by atoms with van der Waals surface area (Å²) in [7, 11) is 0. The van der Waals surface area contributed by atoms with Crippen LogP contribution in [0.2, 0.25) is 0 Å². The maximum atomic E-state index is 10.2. The minimum Gasteiger partial charge on any atom is -0.480 e. The molecule has 11 nitrogen and oxygen atoms in total. The van der Waals surface area contributed by atoms with Crippen molar-refractivity contribution in [3.63, 3.8) is 0 Å². The summed E-state index contributed by atoms with van der Waals surface area (Å²) in [5.74, 6) is -2.63. The summed E-state index contributed by atoms with van der Waals surface area (Å²) in [6, 6.07) is -1.80. The maximum Gasteiger partial charge on any atom is 0.320 e. The first-order valence-electron chi connectivity index (χ1n) is 6.38. The highest BCUT2D eigenvalue weighted by Gasteiger charge is 2.11. The largest absolute Gasteiger partial charge is 0.480 e. The topological polar surface area (TPSA) is 234 Å². The molecular formula is C11H24N6O5. The first kappa shape index (κ1) is 21.9. The zero-order valence-corrected chi connectivity index (χ0v) is 12.1. The Hall–Kier alpha value is -2.40.